The number of rotatable bonds is 3. The van der Waals surface area contributed by atoms with Crippen LogP contribution in [-0.2, 0) is 14.3 Å². The molecule has 0 aromatic heterocycles. The third-order valence-corrected chi connectivity index (χ3v) is 5.78. The maximum absolute atomic E-state index is 13.5. The van der Waals surface area contributed by atoms with Crippen molar-refractivity contribution in [1.29, 1.82) is 0 Å². The normalized spacial score (nSPS) is 19.4. The Balaban J connectivity index is 2.07. The maximum Gasteiger partial charge on any atom is 0.421 e. The number of fused-ring (bicyclic) bond motifs is 1. The summed E-state index contributed by atoms with van der Waals surface area (Å²) in [5.74, 6) is -0.246. The Morgan fingerprint density at radius 1 is 1.08 bits per heavy atom. The average molecular weight is 369 g/mol. The van der Waals surface area contributed by atoms with Crippen LogP contribution in [0.15, 0.2) is 59.5 Å². The number of hydrogen-bond donors (Lipinski definition) is 0. The zero-order valence-corrected chi connectivity index (χ0v) is 16.3. The van der Waals surface area contributed by atoms with E-state index >= 15 is 0 Å². The highest BCUT2D eigenvalue weighted by Crippen LogP contribution is 2.53. The second-order valence-electron chi connectivity index (χ2n) is 7.23. The lowest BCUT2D eigenvalue weighted by molar-refractivity contribution is -0.120. The van der Waals surface area contributed by atoms with Crippen molar-refractivity contribution in [3.8, 4) is 0 Å². The highest BCUT2D eigenvalue weighted by Gasteiger charge is 2.53. The molecule has 5 heteroatoms. The van der Waals surface area contributed by atoms with Gasteiger partial charge in [0.25, 0.3) is 5.91 Å². The molecule has 2 amide bonds. The molecule has 136 valence electrons. The van der Waals surface area contributed by atoms with Gasteiger partial charge in [-0.15, -0.1) is 11.8 Å². The molecule has 3 rings (SSSR count). The summed E-state index contributed by atoms with van der Waals surface area (Å²) in [5, 5.41) is 0. The van der Waals surface area contributed by atoms with E-state index in [4.69, 9.17) is 4.74 Å². The molecule has 2 aromatic carbocycles. The van der Waals surface area contributed by atoms with Crippen LogP contribution in [0.3, 0.4) is 0 Å². The van der Waals surface area contributed by atoms with Crippen LogP contribution in [0.1, 0.15) is 39.7 Å². The van der Waals surface area contributed by atoms with E-state index in [0.29, 0.717) is 12.1 Å². The number of imide groups is 1. The van der Waals surface area contributed by atoms with Gasteiger partial charge in [-0.3, -0.25) is 4.79 Å². The molecule has 2 aromatic rings. The van der Waals surface area contributed by atoms with Crippen molar-refractivity contribution < 1.29 is 14.3 Å². The highest BCUT2D eigenvalue weighted by atomic mass is 32.2. The van der Waals surface area contributed by atoms with E-state index in [1.165, 1.54) is 16.7 Å². The Hall–Kier alpha value is -2.27. The third kappa shape index (κ3) is 3.23. The van der Waals surface area contributed by atoms with Crippen LogP contribution in [0.25, 0.3) is 0 Å². The number of benzene rings is 2. The Morgan fingerprint density at radius 2 is 1.69 bits per heavy atom. The zero-order valence-electron chi connectivity index (χ0n) is 15.5. The van der Waals surface area contributed by atoms with E-state index in [9.17, 15) is 9.59 Å². The molecule has 0 unspecified atom stereocenters. The van der Waals surface area contributed by atoms with E-state index in [0.717, 1.165) is 10.5 Å². The summed E-state index contributed by atoms with van der Waals surface area (Å²) in [6.45, 7) is 7.36. The van der Waals surface area contributed by atoms with Crippen molar-refractivity contribution in [3.05, 3.63) is 60.2 Å². The fourth-order valence-corrected chi connectivity index (χ4v) is 4.41. The number of anilines is 1. The molecule has 0 radical (unpaired) electrons. The van der Waals surface area contributed by atoms with Gasteiger partial charge in [0.1, 0.15) is 10.3 Å². The molecule has 0 fully saturated rings. The van der Waals surface area contributed by atoms with E-state index in [-0.39, 0.29) is 5.91 Å². The molecule has 0 N–H and O–H groups in total. The number of carbonyl (C=O) groups excluding carboxylic acids is 2. The minimum atomic E-state index is -0.838. The van der Waals surface area contributed by atoms with E-state index < -0.39 is 16.4 Å². The van der Waals surface area contributed by atoms with Crippen molar-refractivity contribution in [2.45, 2.75) is 49.4 Å². The summed E-state index contributed by atoms with van der Waals surface area (Å²) in [6.07, 6.45) is -0.0548. The number of thioether (sulfide) groups is 1. The smallest absolute Gasteiger partial charge is 0.421 e. The van der Waals surface area contributed by atoms with Crippen LogP contribution in [0.4, 0.5) is 10.5 Å². The van der Waals surface area contributed by atoms with Gasteiger partial charge in [-0.25, -0.2) is 9.69 Å². The zero-order chi connectivity index (χ0) is 18.9. The van der Waals surface area contributed by atoms with Crippen molar-refractivity contribution >= 4 is 29.4 Å². The lowest BCUT2D eigenvalue weighted by Gasteiger charge is -2.27. The van der Waals surface area contributed by atoms with Crippen LogP contribution in [0.5, 0.6) is 0 Å². The largest absolute Gasteiger partial charge is 0.443 e. The molecule has 1 aliphatic heterocycles. The molecule has 1 aliphatic rings. The predicted octanol–water partition coefficient (Wildman–Crippen LogP) is 5.37. The van der Waals surface area contributed by atoms with Gasteiger partial charge in [-0.05, 0) is 45.4 Å². The molecule has 1 atom stereocenters. The molecular formula is C21H23NO3S. The van der Waals surface area contributed by atoms with E-state index in [1.54, 1.807) is 26.8 Å². The highest BCUT2D eigenvalue weighted by molar-refractivity contribution is 8.01. The summed E-state index contributed by atoms with van der Waals surface area (Å²) < 4.78 is 4.66. The first-order valence-electron chi connectivity index (χ1n) is 8.69. The van der Waals surface area contributed by atoms with Gasteiger partial charge in [0.2, 0.25) is 0 Å². The molecule has 0 saturated carbocycles. The minimum absolute atomic E-state index is 0.246. The Kier molecular flexibility index (Phi) is 4.84. The van der Waals surface area contributed by atoms with Crippen molar-refractivity contribution in [1.82, 2.24) is 0 Å². The van der Waals surface area contributed by atoms with Crippen molar-refractivity contribution in [2.24, 2.45) is 0 Å². The Bertz CT molecular complexity index is 829. The number of amides is 2. The van der Waals surface area contributed by atoms with Gasteiger partial charge in [0.15, 0.2) is 0 Å². The van der Waals surface area contributed by atoms with Gasteiger partial charge in [0.05, 0.1) is 5.69 Å². The first-order chi connectivity index (χ1) is 12.3. The maximum atomic E-state index is 13.5. The third-order valence-electron chi connectivity index (χ3n) is 4.24. The van der Waals surface area contributed by atoms with Gasteiger partial charge in [0, 0.05) is 10.5 Å². The number of carbonyl (C=O) groups is 2. The Morgan fingerprint density at radius 3 is 2.31 bits per heavy atom. The molecule has 26 heavy (non-hydrogen) atoms. The van der Waals surface area contributed by atoms with Gasteiger partial charge in [-0.1, -0.05) is 43.3 Å². The van der Waals surface area contributed by atoms with E-state index in [2.05, 4.69) is 0 Å². The minimum Gasteiger partial charge on any atom is -0.443 e. The van der Waals surface area contributed by atoms with Crippen molar-refractivity contribution in [2.75, 3.05) is 4.90 Å². The molecule has 1 heterocycles. The predicted molar refractivity (Wildman–Crippen MR) is 104 cm³/mol. The van der Waals surface area contributed by atoms with Crippen LogP contribution < -0.4 is 4.90 Å². The van der Waals surface area contributed by atoms with Crippen LogP contribution >= 0.6 is 11.8 Å². The molecule has 4 nitrogen and oxygen atoms in total. The summed E-state index contributed by atoms with van der Waals surface area (Å²) >= 11 is 1.49. The fourth-order valence-electron chi connectivity index (χ4n) is 3.11. The number of para-hydroxylation sites is 1. The molecule has 0 bridgehead atoms. The van der Waals surface area contributed by atoms with Gasteiger partial charge < -0.3 is 4.74 Å². The summed E-state index contributed by atoms with van der Waals surface area (Å²) in [5.41, 5.74) is 0.792. The van der Waals surface area contributed by atoms with Gasteiger partial charge in [-0.2, -0.15) is 0 Å². The van der Waals surface area contributed by atoms with E-state index in [1.807, 2.05) is 55.5 Å². The average Bonchev–Trinajstić information content (AvgIpc) is 2.83. The quantitative estimate of drug-likeness (QED) is 0.730. The van der Waals surface area contributed by atoms with Crippen LogP contribution in [0, 0.1) is 0 Å². The molecule has 0 spiro atoms. The fraction of sp³-hybridized carbons (Fsp3) is 0.333. The topological polar surface area (TPSA) is 46.6 Å². The first kappa shape index (κ1) is 18.5. The van der Waals surface area contributed by atoms with Crippen LogP contribution in [-0.4, -0.2) is 17.6 Å². The number of ether oxygens (including phenoxy) is 1. The van der Waals surface area contributed by atoms with Crippen LogP contribution in [0.2, 0.25) is 0 Å². The Labute approximate surface area is 158 Å². The monoisotopic (exact) mass is 369 g/mol. The summed E-state index contributed by atoms with van der Waals surface area (Å²) in [4.78, 5) is 28.4. The number of nitrogens with zero attached hydrogens (tertiary/aromatic N) is 1. The molecular weight excluding hydrogens is 346 g/mol. The summed E-state index contributed by atoms with van der Waals surface area (Å²) in [6, 6.07) is 17.3. The second-order valence-corrected chi connectivity index (χ2v) is 8.61. The lowest BCUT2D eigenvalue weighted by Crippen LogP contribution is -2.43. The second kappa shape index (κ2) is 6.80. The first-order valence-corrected chi connectivity index (χ1v) is 9.51. The van der Waals surface area contributed by atoms with Gasteiger partial charge >= 0.3 is 6.09 Å². The SMILES string of the molecule is CC[C@]1(Sc2ccccc2)C(=O)N(C(=O)OC(C)(C)C)c2ccccc21. The number of hydrogen-bond acceptors (Lipinski definition) is 4. The molecule has 0 aliphatic carbocycles. The lowest BCUT2D eigenvalue weighted by atomic mass is 9.97. The van der Waals surface area contributed by atoms with Crippen molar-refractivity contribution in [3.63, 3.8) is 0 Å². The standard InChI is InChI=1S/C21H23NO3S/c1-5-21(26-15-11-7-6-8-12-15)16-13-9-10-14-17(16)22(18(21)23)19(24)25-20(2,3)4/h6-14H,5H2,1-4H3/t21-/m1/s1. The summed E-state index contributed by atoms with van der Waals surface area (Å²) in [7, 11) is 0. The molecule has 0 saturated heterocycles.